The van der Waals surface area contributed by atoms with Crippen LogP contribution in [0.15, 0.2) is 17.3 Å². The lowest BCUT2D eigenvalue weighted by Crippen LogP contribution is -2.02. The maximum atomic E-state index is 5.29. The minimum Gasteiger partial charge on any atom is -0.468 e. The van der Waals surface area contributed by atoms with Crippen molar-refractivity contribution in [1.29, 1.82) is 0 Å². The van der Waals surface area contributed by atoms with E-state index in [-0.39, 0.29) is 6.23 Å². The van der Waals surface area contributed by atoms with E-state index in [1.165, 1.54) is 19.3 Å². The molecule has 0 aliphatic carbocycles. The molecule has 0 spiro atoms. The van der Waals surface area contributed by atoms with E-state index in [4.69, 9.17) is 4.74 Å². The summed E-state index contributed by atoms with van der Waals surface area (Å²) >= 11 is 0. The fourth-order valence-corrected chi connectivity index (χ4v) is 1.10. The first-order valence-electron chi connectivity index (χ1n) is 4.21. The summed E-state index contributed by atoms with van der Waals surface area (Å²) in [6.07, 6.45) is 6.51. The molecule has 0 N–H and O–H groups in total. The van der Waals surface area contributed by atoms with E-state index < -0.39 is 0 Å². The molecule has 1 heterocycles. The SMILES string of the molecule is C=C1C=NC(CCCCC)O1. The van der Waals surface area contributed by atoms with Crippen LogP contribution in [-0.2, 0) is 4.74 Å². The molecule has 0 radical (unpaired) electrons. The lowest BCUT2D eigenvalue weighted by molar-refractivity contribution is 0.145. The number of unbranched alkanes of at least 4 members (excludes halogenated alkanes) is 2. The molecule has 0 aromatic carbocycles. The molecule has 1 rings (SSSR count). The normalized spacial score (nSPS) is 22.3. The smallest absolute Gasteiger partial charge is 0.189 e. The molecule has 0 amide bonds. The van der Waals surface area contributed by atoms with Gasteiger partial charge in [0.05, 0.1) is 6.21 Å². The quantitative estimate of drug-likeness (QED) is 0.569. The monoisotopic (exact) mass is 153 g/mol. The van der Waals surface area contributed by atoms with E-state index in [0.29, 0.717) is 5.76 Å². The van der Waals surface area contributed by atoms with Gasteiger partial charge in [-0.3, -0.25) is 0 Å². The Bertz CT molecular complexity index is 163. The maximum Gasteiger partial charge on any atom is 0.189 e. The molecule has 1 aliphatic rings. The summed E-state index contributed by atoms with van der Waals surface area (Å²) in [5.41, 5.74) is 0. The predicted octanol–water partition coefficient (Wildman–Crippen LogP) is 2.51. The van der Waals surface area contributed by atoms with Crippen molar-refractivity contribution in [2.45, 2.75) is 38.8 Å². The topological polar surface area (TPSA) is 21.6 Å². The second kappa shape index (κ2) is 4.16. The summed E-state index contributed by atoms with van der Waals surface area (Å²) in [6, 6.07) is 0. The van der Waals surface area contributed by atoms with Crippen molar-refractivity contribution < 1.29 is 4.74 Å². The molecule has 0 bridgehead atoms. The highest BCUT2D eigenvalue weighted by Crippen LogP contribution is 2.14. The van der Waals surface area contributed by atoms with Crippen LogP contribution in [0.1, 0.15) is 32.6 Å². The van der Waals surface area contributed by atoms with Gasteiger partial charge in [-0.15, -0.1) is 0 Å². The molecule has 1 unspecified atom stereocenters. The van der Waals surface area contributed by atoms with Gasteiger partial charge in [0.2, 0.25) is 0 Å². The molecule has 0 saturated heterocycles. The van der Waals surface area contributed by atoms with Gasteiger partial charge in [0.1, 0.15) is 5.76 Å². The van der Waals surface area contributed by atoms with Gasteiger partial charge in [0.15, 0.2) is 6.23 Å². The zero-order valence-electron chi connectivity index (χ0n) is 7.05. The van der Waals surface area contributed by atoms with Crippen LogP contribution in [0.2, 0.25) is 0 Å². The van der Waals surface area contributed by atoms with Crippen LogP contribution in [0.25, 0.3) is 0 Å². The third-order valence-corrected chi connectivity index (χ3v) is 1.73. The Kier molecular flexibility index (Phi) is 3.14. The zero-order chi connectivity index (χ0) is 8.10. The highest BCUT2D eigenvalue weighted by Gasteiger charge is 2.12. The Labute approximate surface area is 68.0 Å². The van der Waals surface area contributed by atoms with Crippen molar-refractivity contribution in [1.82, 2.24) is 0 Å². The molecule has 0 fully saturated rings. The molecule has 0 aromatic rings. The molecule has 2 nitrogen and oxygen atoms in total. The molecule has 11 heavy (non-hydrogen) atoms. The molecule has 0 aromatic heterocycles. The van der Waals surface area contributed by atoms with Gasteiger partial charge in [-0.25, -0.2) is 4.99 Å². The van der Waals surface area contributed by atoms with Gasteiger partial charge in [-0.05, 0) is 6.42 Å². The first-order valence-corrected chi connectivity index (χ1v) is 4.21. The fraction of sp³-hybridized carbons (Fsp3) is 0.667. The highest BCUT2D eigenvalue weighted by atomic mass is 16.5. The summed E-state index contributed by atoms with van der Waals surface area (Å²) in [5.74, 6) is 0.700. The van der Waals surface area contributed by atoms with Crippen LogP contribution in [0.4, 0.5) is 0 Å². The fourth-order valence-electron chi connectivity index (χ4n) is 1.10. The van der Waals surface area contributed by atoms with E-state index in [1.54, 1.807) is 6.21 Å². The second-order valence-corrected chi connectivity index (χ2v) is 2.81. The van der Waals surface area contributed by atoms with Crippen molar-refractivity contribution in [2.75, 3.05) is 0 Å². The van der Waals surface area contributed by atoms with Crippen molar-refractivity contribution in [3.63, 3.8) is 0 Å². The molecule has 0 saturated carbocycles. The van der Waals surface area contributed by atoms with Crippen LogP contribution in [0.5, 0.6) is 0 Å². The van der Waals surface area contributed by atoms with E-state index in [9.17, 15) is 0 Å². The largest absolute Gasteiger partial charge is 0.468 e. The van der Waals surface area contributed by atoms with Crippen LogP contribution < -0.4 is 0 Å². The number of aliphatic imine (C=N–C) groups is 1. The van der Waals surface area contributed by atoms with E-state index in [0.717, 1.165) is 6.42 Å². The average molecular weight is 153 g/mol. The van der Waals surface area contributed by atoms with Crippen molar-refractivity contribution in [3.8, 4) is 0 Å². The minimum absolute atomic E-state index is 0.0639. The molecule has 2 heteroatoms. The number of hydrogen-bond donors (Lipinski definition) is 0. The number of hydrogen-bond acceptors (Lipinski definition) is 2. The molecule has 62 valence electrons. The summed E-state index contributed by atoms with van der Waals surface area (Å²) in [7, 11) is 0. The average Bonchev–Trinajstić information content (AvgIpc) is 2.37. The van der Waals surface area contributed by atoms with Gasteiger partial charge in [-0.1, -0.05) is 26.3 Å². The van der Waals surface area contributed by atoms with Crippen molar-refractivity contribution in [2.24, 2.45) is 4.99 Å². The Balaban J connectivity index is 2.09. The number of rotatable bonds is 4. The van der Waals surface area contributed by atoms with Gasteiger partial charge in [0.25, 0.3) is 0 Å². The summed E-state index contributed by atoms with van der Waals surface area (Å²) < 4.78 is 5.29. The molecular weight excluding hydrogens is 138 g/mol. The second-order valence-electron chi connectivity index (χ2n) is 2.81. The van der Waals surface area contributed by atoms with Gasteiger partial charge >= 0.3 is 0 Å². The summed E-state index contributed by atoms with van der Waals surface area (Å²) in [6.45, 7) is 5.85. The first-order chi connectivity index (χ1) is 5.33. The Hall–Kier alpha value is -0.790. The molecule has 1 aliphatic heterocycles. The van der Waals surface area contributed by atoms with Crippen LogP contribution in [0.3, 0.4) is 0 Å². The lowest BCUT2D eigenvalue weighted by atomic mass is 10.2. The Morgan fingerprint density at radius 1 is 1.64 bits per heavy atom. The van der Waals surface area contributed by atoms with Crippen LogP contribution in [0, 0.1) is 0 Å². The van der Waals surface area contributed by atoms with Gasteiger partial charge in [0, 0.05) is 6.42 Å². The van der Waals surface area contributed by atoms with Gasteiger partial charge in [-0.2, -0.15) is 0 Å². The first kappa shape index (κ1) is 8.31. The van der Waals surface area contributed by atoms with Gasteiger partial charge < -0.3 is 4.74 Å². The standard InChI is InChI=1S/C9H15NO/c1-3-4-5-6-9-10-7-8(2)11-9/h7,9H,2-6H2,1H3. The molecular formula is C9H15NO. The van der Waals surface area contributed by atoms with E-state index in [1.807, 2.05) is 0 Å². The number of nitrogens with zero attached hydrogens (tertiary/aromatic N) is 1. The number of allylic oxidation sites excluding steroid dienone is 1. The minimum atomic E-state index is 0.0639. The molecule has 1 atom stereocenters. The highest BCUT2D eigenvalue weighted by molar-refractivity contribution is 5.76. The Morgan fingerprint density at radius 3 is 3.00 bits per heavy atom. The summed E-state index contributed by atoms with van der Waals surface area (Å²) in [4.78, 5) is 4.14. The van der Waals surface area contributed by atoms with E-state index in [2.05, 4.69) is 18.5 Å². The van der Waals surface area contributed by atoms with E-state index >= 15 is 0 Å². The van der Waals surface area contributed by atoms with Crippen LogP contribution in [-0.4, -0.2) is 12.4 Å². The third-order valence-electron chi connectivity index (χ3n) is 1.73. The lowest BCUT2D eigenvalue weighted by Gasteiger charge is -2.06. The van der Waals surface area contributed by atoms with Crippen LogP contribution >= 0.6 is 0 Å². The predicted molar refractivity (Wildman–Crippen MR) is 46.6 cm³/mol. The number of ether oxygens (including phenoxy) is 1. The maximum absolute atomic E-state index is 5.29. The van der Waals surface area contributed by atoms with Crippen molar-refractivity contribution >= 4 is 6.21 Å². The Morgan fingerprint density at radius 2 is 2.45 bits per heavy atom. The van der Waals surface area contributed by atoms with Crippen molar-refractivity contribution in [3.05, 3.63) is 12.3 Å². The summed E-state index contributed by atoms with van der Waals surface area (Å²) in [5, 5.41) is 0. The third kappa shape index (κ3) is 2.74. The zero-order valence-corrected chi connectivity index (χ0v) is 7.05.